The van der Waals surface area contributed by atoms with Crippen molar-refractivity contribution in [3.8, 4) is 0 Å². The molecule has 0 saturated heterocycles. The zero-order chi connectivity index (χ0) is 0. The van der Waals surface area contributed by atoms with Crippen LogP contribution in [0.25, 0.3) is 0 Å². The summed E-state index contributed by atoms with van der Waals surface area (Å²) in [7, 11) is 0. The van der Waals surface area contributed by atoms with Gasteiger partial charge in [0.25, 0.3) is 0 Å². The third-order valence-electron chi connectivity index (χ3n) is 0. The smallest absolute Gasteiger partial charge is 0.870 e. The first-order valence-corrected chi connectivity index (χ1v) is 0. The maximum absolute atomic E-state index is 0. The van der Waals surface area contributed by atoms with E-state index >= 15 is 0 Å². The summed E-state index contributed by atoms with van der Waals surface area (Å²) in [4.78, 5) is 0. The van der Waals surface area contributed by atoms with Gasteiger partial charge in [0.2, 0.25) is 0 Å². The van der Waals surface area contributed by atoms with Gasteiger partial charge in [-0.15, -0.1) is 0 Å². The van der Waals surface area contributed by atoms with E-state index in [4.69, 9.17) is 0 Å². The Morgan fingerprint density at radius 3 is 0.222 bits per heavy atom. The van der Waals surface area contributed by atoms with Gasteiger partial charge < -0.3 is 43.8 Å². The molecular weight excluding hydrogens is 168 g/mol. The van der Waals surface area contributed by atoms with Crippen LogP contribution in [-0.2, 0) is 0 Å². The van der Waals surface area contributed by atoms with Crippen LogP contribution >= 0.6 is 0 Å². The van der Waals surface area contributed by atoms with E-state index in [1.54, 1.807) is 0 Å². The standard InChI is InChI=1S/Ca.8H2O/h;8*1H2/q+2;;;;;;;;/p-8. The fraction of sp³-hybridized carbons (Fsp3) is 0. The van der Waals surface area contributed by atoms with E-state index in [0.29, 0.717) is 0 Å². The number of hydrogen-bond acceptors (Lipinski definition) is 8. The average Bonchev–Trinajstić information content (AvgIpc) is 0. The fourth-order valence-electron chi connectivity index (χ4n) is 0. The molecule has 0 spiro atoms. The van der Waals surface area contributed by atoms with Crippen LogP contribution in [0.5, 0.6) is 0 Å². The van der Waals surface area contributed by atoms with E-state index in [9.17, 15) is 0 Å². The Labute approximate surface area is 81.3 Å². The van der Waals surface area contributed by atoms with E-state index in [0.717, 1.165) is 0 Å². The molecule has 9 heavy (non-hydrogen) atoms. The van der Waals surface area contributed by atoms with Gasteiger partial charge >= 0.3 is 37.7 Å². The molecule has 0 saturated carbocycles. The third-order valence-corrected chi connectivity index (χ3v) is 0. The van der Waals surface area contributed by atoms with Gasteiger partial charge in [-0.1, -0.05) is 0 Å². The minimum absolute atomic E-state index is 0. The van der Waals surface area contributed by atoms with E-state index in [-0.39, 0.29) is 81.5 Å². The van der Waals surface area contributed by atoms with Gasteiger partial charge in [0.1, 0.15) is 0 Å². The summed E-state index contributed by atoms with van der Waals surface area (Å²) in [5.74, 6) is 0. The molecular formula is H8CaO8-6. The summed E-state index contributed by atoms with van der Waals surface area (Å²) in [5, 5.41) is 0. The second-order valence-electron chi connectivity index (χ2n) is 0. The van der Waals surface area contributed by atoms with Crippen molar-refractivity contribution in [2.24, 2.45) is 0 Å². The van der Waals surface area contributed by atoms with Gasteiger partial charge in [0.05, 0.1) is 0 Å². The van der Waals surface area contributed by atoms with E-state index < -0.39 is 0 Å². The molecule has 0 aromatic carbocycles. The zero-order valence-corrected chi connectivity index (χ0v) is 6.49. The monoisotopic (exact) mass is 176 g/mol. The average molecular weight is 176 g/mol. The maximum Gasteiger partial charge on any atom is 2.00 e. The summed E-state index contributed by atoms with van der Waals surface area (Å²) < 4.78 is 0. The fourth-order valence-corrected chi connectivity index (χ4v) is 0. The Hall–Kier alpha value is 0.940. The van der Waals surface area contributed by atoms with Gasteiger partial charge in [-0.3, -0.25) is 0 Å². The molecule has 0 aliphatic rings. The molecule has 8 nitrogen and oxygen atoms in total. The van der Waals surface area contributed by atoms with E-state index in [1.165, 1.54) is 0 Å². The molecule has 0 aromatic heterocycles. The normalized spacial score (nSPS) is 0. The van der Waals surface area contributed by atoms with Crippen molar-refractivity contribution >= 4 is 37.7 Å². The first-order valence-electron chi connectivity index (χ1n) is 0. The molecule has 0 fully saturated rings. The van der Waals surface area contributed by atoms with Crippen LogP contribution in [0, 0.1) is 0 Å². The van der Waals surface area contributed by atoms with Crippen LogP contribution < -0.4 is 0 Å². The van der Waals surface area contributed by atoms with Crippen molar-refractivity contribution in [2.45, 2.75) is 0 Å². The molecule has 0 amide bonds. The molecule has 0 aliphatic heterocycles. The van der Waals surface area contributed by atoms with Crippen molar-refractivity contribution in [3.63, 3.8) is 0 Å². The van der Waals surface area contributed by atoms with Gasteiger partial charge in [0.15, 0.2) is 0 Å². The molecule has 0 heterocycles. The first-order chi connectivity index (χ1) is 0. The Morgan fingerprint density at radius 1 is 0.222 bits per heavy atom. The molecule has 8 N–H and O–H groups in total. The van der Waals surface area contributed by atoms with Gasteiger partial charge in [-0.2, -0.15) is 0 Å². The molecule has 0 bridgehead atoms. The molecule has 0 unspecified atom stereocenters. The molecule has 0 rings (SSSR count). The minimum atomic E-state index is 0. The quantitative estimate of drug-likeness (QED) is 0.380. The van der Waals surface area contributed by atoms with Crippen molar-refractivity contribution in [2.75, 3.05) is 0 Å². The van der Waals surface area contributed by atoms with E-state index in [2.05, 4.69) is 0 Å². The van der Waals surface area contributed by atoms with Crippen molar-refractivity contribution < 1.29 is 43.8 Å². The zero-order valence-electron chi connectivity index (χ0n) is 4.28. The predicted octanol–water partition coefficient (Wildman–Crippen LogP) is -1.80. The van der Waals surface area contributed by atoms with Gasteiger partial charge in [-0.05, 0) is 0 Å². The topological polar surface area (TPSA) is 240 Å². The Morgan fingerprint density at radius 2 is 0.222 bits per heavy atom. The summed E-state index contributed by atoms with van der Waals surface area (Å²) in [6, 6.07) is 0. The van der Waals surface area contributed by atoms with Crippen LogP contribution in [0.15, 0.2) is 0 Å². The molecule has 0 aromatic rings. The summed E-state index contributed by atoms with van der Waals surface area (Å²) in [6.07, 6.45) is 0. The number of hydrogen-bond donors (Lipinski definition) is 0. The molecule has 64 valence electrons. The summed E-state index contributed by atoms with van der Waals surface area (Å²) in [5.41, 5.74) is 0. The van der Waals surface area contributed by atoms with Crippen molar-refractivity contribution in [3.05, 3.63) is 0 Å². The Kier molecular flexibility index (Phi) is 63800. The van der Waals surface area contributed by atoms with Crippen LogP contribution in [0.3, 0.4) is 0 Å². The minimum Gasteiger partial charge on any atom is -0.870 e. The molecule has 9 heteroatoms. The van der Waals surface area contributed by atoms with Crippen LogP contribution in [-0.4, -0.2) is 81.5 Å². The summed E-state index contributed by atoms with van der Waals surface area (Å²) in [6.45, 7) is 0. The molecule has 0 radical (unpaired) electrons. The van der Waals surface area contributed by atoms with Crippen molar-refractivity contribution in [1.29, 1.82) is 0 Å². The maximum atomic E-state index is 0. The van der Waals surface area contributed by atoms with Crippen LogP contribution in [0.4, 0.5) is 0 Å². The molecule has 0 aliphatic carbocycles. The van der Waals surface area contributed by atoms with E-state index in [1.807, 2.05) is 0 Å². The SMILES string of the molecule is [Ca+2].[OH-].[OH-].[OH-].[OH-].[OH-].[OH-].[OH-].[OH-]. The first kappa shape index (κ1) is 900. The largest absolute Gasteiger partial charge is 2.00 e. The Balaban J connectivity index is 0. The van der Waals surface area contributed by atoms with Gasteiger partial charge in [-0.25, -0.2) is 0 Å². The second kappa shape index (κ2) is 638. The molecule has 0 atom stereocenters. The van der Waals surface area contributed by atoms with Crippen molar-refractivity contribution in [1.82, 2.24) is 0 Å². The number of rotatable bonds is 0. The summed E-state index contributed by atoms with van der Waals surface area (Å²) >= 11 is 0. The second-order valence-corrected chi connectivity index (χ2v) is 0. The predicted molar refractivity (Wildman–Crippen MR) is 21.2 cm³/mol. The Bertz CT molecular complexity index is 4.53. The third kappa shape index (κ3) is 488. The van der Waals surface area contributed by atoms with Crippen LogP contribution in [0.2, 0.25) is 0 Å². The van der Waals surface area contributed by atoms with Crippen LogP contribution in [0.1, 0.15) is 0 Å². The van der Waals surface area contributed by atoms with Gasteiger partial charge in [0, 0.05) is 0 Å².